The van der Waals surface area contributed by atoms with Crippen LogP contribution >= 0.6 is 11.3 Å². The minimum atomic E-state index is -3.54. The van der Waals surface area contributed by atoms with Crippen molar-refractivity contribution in [2.45, 2.75) is 89.9 Å². The molecule has 0 amide bonds. The number of sulfonamides is 1. The van der Waals surface area contributed by atoms with Crippen LogP contribution in [0, 0.1) is 6.92 Å². The number of rotatable bonds is 10. The van der Waals surface area contributed by atoms with Crippen LogP contribution in [-0.2, 0) is 27.3 Å². The number of benzene rings is 2. The van der Waals surface area contributed by atoms with Crippen LogP contribution in [0.15, 0.2) is 41.3 Å². The van der Waals surface area contributed by atoms with Gasteiger partial charge in [-0.25, -0.2) is 18.1 Å². The SMILES string of the molecule is CCC(C)(C)c1ccc(CCCNS(=O)(=O)c2ccc3nc(C)sc3c2)c(C(C)(C)CC)c1. The van der Waals surface area contributed by atoms with E-state index in [9.17, 15) is 8.42 Å². The fraction of sp³-hybridized carbons (Fsp3) is 0.519. The van der Waals surface area contributed by atoms with Gasteiger partial charge in [0, 0.05) is 6.54 Å². The van der Waals surface area contributed by atoms with Gasteiger partial charge in [-0.15, -0.1) is 11.3 Å². The van der Waals surface area contributed by atoms with Crippen molar-refractivity contribution in [3.8, 4) is 0 Å². The van der Waals surface area contributed by atoms with Crippen LogP contribution in [0.1, 0.15) is 82.5 Å². The molecular weight excluding hydrogens is 448 g/mol. The summed E-state index contributed by atoms with van der Waals surface area (Å²) >= 11 is 1.51. The third-order valence-electron chi connectivity index (χ3n) is 7.08. The van der Waals surface area contributed by atoms with E-state index >= 15 is 0 Å². The summed E-state index contributed by atoms with van der Waals surface area (Å²) in [6, 6.07) is 12.0. The van der Waals surface area contributed by atoms with Crippen molar-refractivity contribution in [2.75, 3.05) is 6.54 Å². The first-order valence-electron chi connectivity index (χ1n) is 11.9. The summed E-state index contributed by atoms with van der Waals surface area (Å²) < 4.78 is 29.3. The van der Waals surface area contributed by atoms with Crippen molar-refractivity contribution in [2.24, 2.45) is 0 Å². The lowest BCUT2D eigenvalue weighted by Crippen LogP contribution is -2.26. The maximum atomic E-state index is 12.8. The monoisotopic (exact) mass is 486 g/mol. The van der Waals surface area contributed by atoms with E-state index in [0.717, 1.165) is 40.9 Å². The maximum absolute atomic E-state index is 12.8. The Hall–Kier alpha value is -1.76. The number of nitrogens with one attached hydrogen (secondary N) is 1. The molecule has 0 unspecified atom stereocenters. The number of fused-ring (bicyclic) bond motifs is 1. The van der Waals surface area contributed by atoms with E-state index in [1.54, 1.807) is 18.2 Å². The molecular formula is C27H38N2O2S2. The summed E-state index contributed by atoms with van der Waals surface area (Å²) in [6.07, 6.45) is 3.75. The standard InChI is InChI=1S/C27H38N2O2S2/c1-8-26(4,5)21-13-12-20(23(17-21)27(6,7)9-2)11-10-16-28-33(30,31)22-14-15-24-25(18-22)32-19(3)29-24/h12-15,17-18,28H,8-11,16H2,1-7H3. The van der Waals surface area contributed by atoms with Gasteiger partial charge in [0.05, 0.1) is 20.1 Å². The van der Waals surface area contributed by atoms with Crippen LogP contribution in [-0.4, -0.2) is 19.9 Å². The van der Waals surface area contributed by atoms with Gasteiger partial charge in [-0.1, -0.05) is 59.7 Å². The van der Waals surface area contributed by atoms with Crippen LogP contribution in [0.2, 0.25) is 0 Å². The number of hydrogen-bond acceptors (Lipinski definition) is 4. The predicted octanol–water partition coefficient (Wildman–Crippen LogP) is 6.89. The zero-order valence-corrected chi connectivity index (χ0v) is 22.7. The van der Waals surface area contributed by atoms with Gasteiger partial charge >= 0.3 is 0 Å². The van der Waals surface area contributed by atoms with E-state index in [-0.39, 0.29) is 10.8 Å². The summed E-state index contributed by atoms with van der Waals surface area (Å²) in [4.78, 5) is 4.71. The molecule has 0 aliphatic heterocycles. The van der Waals surface area contributed by atoms with Gasteiger partial charge in [0.1, 0.15) is 0 Å². The van der Waals surface area contributed by atoms with Gasteiger partial charge in [0.25, 0.3) is 0 Å². The Kier molecular flexibility index (Phi) is 7.72. The fourth-order valence-electron chi connectivity index (χ4n) is 4.00. The van der Waals surface area contributed by atoms with Gasteiger partial charge in [-0.2, -0.15) is 0 Å². The van der Waals surface area contributed by atoms with Crippen LogP contribution in [0.5, 0.6) is 0 Å². The van der Waals surface area contributed by atoms with Crippen molar-refractivity contribution in [3.63, 3.8) is 0 Å². The summed E-state index contributed by atoms with van der Waals surface area (Å²) in [5.74, 6) is 0. The number of nitrogens with zero attached hydrogens (tertiary/aromatic N) is 1. The Bertz CT molecular complexity index is 1220. The first kappa shape index (κ1) is 25.9. The molecule has 0 bridgehead atoms. The molecule has 0 fully saturated rings. The Labute approximate surface area is 203 Å². The predicted molar refractivity (Wildman–Crippen MR) is 141 cm³/mol. The lowest BCUT2D eigenvalue weighted by atomic mass is 9.74. The van der Waals surface area contributed by atoms with Crippen LogP contribution in [0.4, 0.5) is 0 Å². The van der Waals surface area contributed by atoms with E-state index in [1.807, 2.05) is 6.92 Å². The highest BCUT2D eigenvalue weighted by Crippen LogP contribution is 2.35. The Balaban J connectivity index is 1.72. The summed E-state index contributed by atoms with van der Waals surface area (Å²) in [5, 5.41) is 0.937. The zero-order chi connectivity index (χ0) is 24.4. The van der Waals surface area contributed by atoms with Crippen molar-refractivity contribution in [1.82, 2.24) is 9.71 Å². The first-order chi connectivity index (χ1) is 15.4. The average molecular weight is 487 g/mol. The van der Waals surface area contributed by atoms with Crippen molar-refractivity contribution < 1.29 is 8.42 Å². The smallest absolute Gasteiger partial charge is 0.240 e. The van der Waals surface area contributed by atoms with Gasteiger partial charge in [-0.05, 0) is 78.3 Å². The quantitative estimate of drug-likeness (QED) is 0.317. The van der Waals surface area contributed by atoms with Crippen molar-refractivity contribution in [3.05, 3.63) is 58.1 Å². The Morgan fingerprint density at radius 2 is 1.67 bits per heavy atom. The molecule has 6 heteroatoms. The zero-order valence-electron chi connectivity index (χ0n) is 21.1. The first-order valence-corrected chi connectivity index (χ1v) is 14.2. The van der Waals surface area contributed by atoms with E-state index in [4.69, 9.17) is 0 Å². The maximum Gasteiger partial charge on any atom is 0.240 e. The molecule has 1 aromatic heterocycles. The third-order valence-corrected chi connectivity index (χ3v) is 9.47. The van der Waals surface area contributed by atoms with Crippen LogP contribution < -0.4 is 4.72 Å². The van der Waals surface area contributed by atoms with E-state index in [1.165, 1.54) is 28.0 Å². The molecule has 1 heterocycles. The highest BCUT2D eigenvalue weighted by Gasteiger charge is 2.25. The van der Waals surface area contributed by atoms with E-state index in [0.29, 0.717) is 11.4 Å². The lowest BCUT2D eigenvalue weighted by molar-refractivity contribution is 0.484. The summed E-state index contributed by atoms with van der Waals surface area (Å²) in [7, 11) is -3.54. The van der Waals surface area contributed by atoms with Crippen LogP contribution in [0.25, 0.3) is 10.2 Å². The Morgan fingerprint density at radius 1 is 0.970 bits per heavy atom. The molecule has 0 atom stereocenters. The normalized spacial score (nSPS) is 13.1. The summed E-state index contributed by atoms with van der Waals surface area (Å²) in [6.45, 7) is 16.0. The van der Waals surface area contributed by atoms with Gasteiger partial charge in [0.15, 0.2) is 0 Å². The molecule has 180 valence electrons. The summed E-state index contributed by atoms with van der Waals surface area (Å²) in [5.41, 5.74) is 5.15. The second-order valence-corrected chi connectivity index (χ2v) is 13.2. The molecule has 0 radical (unpaired) electrons. The molecule has 33 heavy (non-hydrogen) atoms. The second kappa shape index (κ2) is 9.85. The van der Waals surface area contributed by atoms with Gasteiger partial charge in [-0.3, -0.25) is 0 Å². The average Bonchev–Trinajstić information content (AvgIpc) is 3.15. The molecule has 3 aromatic rings. The van der Waals surface area contributed by atoms with Gasteiger partial charge < -0.3 is 0 Å². The van der Waals surface area contributed by atoms with E-state index < -0.39 is 10.0 Å². The molecule has 0 saturated carbocycles. The largest absolute Gasteiger partial charge is 0.242 e. The molecule has 1 N–H and O–H groups in total. The topological polar surface area (TPSA) is 59.1 Å². The molecule has 0 aliphatic rings. The highest BCUT2D eigenvalue weighted by atomic mass is 32.2. The fourth-order valence-corrected chi connectivity index (χ4v) is 6.04. The third kappa shape index (κ3) is 5.84. The Morgan fingerprint density at radius 3 is 2.33 bits per heavy atom. The molecule has 0 saturated heterocycles. The minimum absolute atomic E-state index is 0.0803. The second-order valence-electron chi connectivity index (χ2n) is 10.2. The molecule has 3 rings (SSSR count). The number of hydrogen-bond donors (Lipinski definition) is 1. The number of aromatic nitrogens is 1. The number of aryl methyl sites for hydroxylation is 2. The van der Waals surface area contributed by atoms with E-state index in [2.05, 4.69) is 69.4 Å². The van der Waals surface area contributed by atoms with Gasteiger partial charge in [0.2, 0.25) is 10.0 Å². The molecule has 0 spiro atoms. The van der Waals surface area contributed by atoms with Crippen LogP contribution in [0.3, 0.4) is 0 Å². The number of thiazole rings is 1. The lowest BCUT2D eigenvalue weighted by Gasteiger charge is -2.31. The molecule has 0 aliphatic carbocycles. The molecule has 4 nitrogen and oxygen atoms in total. The highest BCUT2D eigenvalue weighted by molar-refractivity contribution is 7.89. The van der Waals surface area contributed by atoms with Crippen molar-refractivity contribution >= 4 is 31.6 Å². The molecule has 2 aromatic carbocycles. The van der Waals surface area contributed by atoms with Crippen molar-refractivity contribution in [1.29, 1.82) is 0 Å². The minimum Gasteiger partial charge on any atom is -0.242 e.